The predicted molar refractivity (Wildman–Crippen MR) is 78.7 cm³/mol. The highest BCUT2D eigenvalue weighted by molar-refractivity contribution is 5.96. The summed E-state index contributed by atoms with van der Waals surface area (Å²) in [6.45, 7) is 1.86. The molecule has 2 aromatic rings. The van der Waals surface area contributed by atoms with Gasteiger partial charge in [-0.3, -0.25) is 4.79 Å². The third-order valence-corrected chi connectivity index (χ3v) is 3.84. The SMILES string of the molecule is Cc1ccc(NC(=O)[C@H]2C[C@H]2c2ccccc2F)c(O)c1. The summed E-state index contributed by atoms with van der Waals surface area (Å²) in [6, 6.07) is 11.6. The highest BCUT2D eigenvalue weighted by Gasteiger charge is 2.45. The summed E-state index contributed by atoms with van der Waals surface area (Å²) in [6.07, 6.45) is 0.638. The highest BCUT2D eigenvalue weighted by atomic mass is 19.1. The second-order valence-corrected chi connectivity index (χ2v) is 5.48. The number of amides is 1. The smallest absolute Gasteiger partial charge is 0.228 e. The van der Waals surface area contributed by atoms with Crippen LogP contribution in [0.4, 0.5) is 10.1 Å². The van der Waals surface area contributed by atoms with E-state index >= 15 is 0 Å². The van der Waals surface area contributed by atoms with E-state index in [1.165, 1.54) is 6.07 Å². The van der Waals surface area contributed by atoms with Crippen LogP contribution in [-0.4, -0.2) is 11.0 Å². The lowest BCUT2D eigenvalue weighted by Crippen LogP contribution is -2.14. The zero-order valence-corrected chi connectivity index (χ0v) is 11.6. The average Bonchev–Trinajstić information content (AvgIpc) is 3.23. The van der Waals surface area contributed by atoms with Crippen molar-refractivity contribution in [1.82, 2.24) is 0 Å². The summed E-state index contributed by atoms with van der Waals surface area (Å²) >= 11 is 0. The summed E-state index contributed by atoms with van der Waals surface area (Å²) in [5, 5.41) is 12.5. The Bertz CT molecular complexity index is 699. The quantitative estimate of drug-likeness (QED) is 0.847. The van der Waals surface area contributed by atoms with Gasteiger partial charge in [-0.15, -0.1) is 0 Å². The van der Waals surface area contributed by atoms with Gasteiger partial charge in [0, 0.05) is 5.92 Å². The number of phenols is 1. The fourth-order valence-corrected chi connectivity index (χ4v) is 2.58. The molecule has 1 amide bonds. The Morgan fingerprint density at radius 2 is 2.05 bits per heavy atom. The van der Waals surface area contributed by atoms with Crippen molar-refractivity contribution >= 4 is 11.6 Å². The van der Waals surface area contributed by atoms with Gasteiger partial charge in [-0.1, -0.05) is 24.3 Å². The molecule has 0 bridgehead atoms. The Kier molecular flexibility index (Phi) is 3.37. The molecule has 3 rings (SSSR count). The molecular weight excluding hydrogens is 269 g/mol. The number of aryl methyl sites for hydroxylation is 1. The predicted octanol–water partition coefficient (Wildman–Crippen LogP) is 3.58. The number of phenolic OH excluding ortho intramolecular Hbond substituents is 1. The van der Waals surface area contributed by atoms with Crippen molar-refractivity contribution in [2.24, 2.45) is 5.92 Å². The standard InChI is InChI=1S/C17H16FNO2/c1-10-6-7-15(16(20)8-10)19-17(21)13-9-12(13)11-4-2-3-5-14(11)18/h2-8,12-13,20H,9H2,1H3,(H,19,21)/t12-,13-/m0/s1. The van der Waals surface area contributed by atoms with Crippen LogP contribution in [0.25, 0.3) is 0 Å². The van der Waals surface area contributed by atoms with Crippen molar-refractivity contribution in [2.75, 3.05) is 5.32 Å². The van der Waals surface area contributed by atoms with Gasteiger partial charge in [0.05, 0.1) is 5.69 Å². The zero-order chi connectivity index (χ0) is 15.0. The van der Waals surface area contributed by atoms with E-state index in [0.29, 0.717) is 17.7 Å². The minimum atomic E-state index is -0.268. The average molecular weight is 285 g/mol. The normalized spacial score (nSPS) is 20.1. The zero-order valence-electron chi connectivity index (χ0n) is 11.6. The molecule has 0 aliphatic heterocycles. The summed E-state index contributed by atoms with van der Waals surface area (Å²) in [4.78, 5) is 12.2. The van der Waals surface area contributed by atoms with Crippen LogP contribution in [0, 0.1) is 18.7 Å². The Morgan fingerprint density at radius 3 is 2.76 bits per heavy atom. The van der Waals surface area contributed by atoms with Crippen LogP contribution in [0.5, 0.6) is 5.75 Å². The van der Waals surface area contributed by atoms with Gasteiger partial charge in [-0.25, -0.2) is 4.39 Å². The van der Waals surface area contributed by atoms with E-state index in [1.807, 2.05) is 13.0 Å². The van der Waals surface area contributed by atoms with E-state index in [9.17, 15) is 14.3 Å². The number of anilines is 1. The van der Waals surface area contributed by atoms with Gasteiger partial charge >= 0.3 is 0 Å². The summed E-state index contributed by atoms with van der Waals surface area (Å²) in [7, 11) is 0. The van der Waals surface area contributed by atoms with E-state index in [2.05, 4.69) is 5.32 Å². The maximum absolute atomic E-state index is 13.7. The summed E-state index contributed by atoms with van der Waals surface area (Å²) in [5.41, 5.74) is 1.90. The molecule has 0 radical (unpaired) electrons. The minimum absolute atomic E-state index is 0.0476. The van der Waals surface area contributed by atoms with Gasteiger partial charge in [0.15, 0.2) is 0 Å². The Hall–Kier alpha value is -2.36. The van der Waals surface area contributed by atoms with E-state index in [0.717, 1.165) is 5.56 Å². The number of hydrogen-bond donors (Lipinski definition) is 2. The molecule has 0 unspecified atom stereocenters. The molecule has 0 saturated heterocycles. The number of hydrogen-bond acceptors (Lipinski definition) is 2. The number of carbonyl (C=O) groups excluding carboxylic acids is 1. The fourth-order valence-electron chi connectivity index (χ4n) is 2.58. The van der Waals surface area contributed by atoms with Crippen LogP contribution >= 0.6 is 0 Å². The van der Waals surface area contributed by atoms with Crippen molar-refractivity contribution in [3.63, 3.8) is 0 Å². The number of aromatic hydroxyl groups is 1. The van der Waals surface area contributed by atoms with Crippen LogP contribution in [0.1, 0.15) is 23.5 Å². The Balaban J connectivity index is 1.70. The van der Waals surface area contributed by atoms with Crippen LogP contribution in [0.3, 0.4) is 0 Å². The van der Waals surface area contributed by atoms with Gasteiger partial charge in [0.25, 0.3) is 0 Å². The van der Waals surface area contributed by atoms with Gasteiger partial charge in [0.1, 0.15) is 11.6 Å². The van der Waals surface area contributed by atoms with Gasteiger partial charge in [-0.2, -0.15) is 0 Å². The second-order valence-electron chi connectivity index (χ2n) is 5.48. The first kappa shape index (κ1) is 13.6. The number of halogens is 1. The molecule has 4 heteroatoms. The topological polar surface area (TPSA) is 49.3 Å². The molecular formula is C17H16FNO2. The number of rotatable bonds is 3. The van der Waals surface area contributed by atoms with E-state index < -0.39 is 0 Å². The summed E-state index contributed by atoms with van der Waals surface area (Å²) < 4.78 is 13.7. The molecule has 0 heterocycles. The number of benzene rings is 2. The Labute approximate surface area is 122 Å². The molecule has 108 valence electrons. The van der Waals surface area contributed by atoms with Crippen LogP contribution in [0.15, 0.2) is 42.5 Å². The van der Waals surface area contributed by atoms with Gasteiger partial charge < -0.3 is 10.4 Å². The van der Waals surface area contributed by atoms with Crippen molar-refractivity contribution < 1.29 is 14.3 Å². The molecule has 2 N–H and O–H groups in total. The molecule has 1 fully saturated rings. The van der Waals surface area contributed by atoms with Crippen molar-refractivity contribution in [1.29, 1.82) is 0 Å². The van der Waals surface area contributed by atoms with Crippen molar-refractivity contribution in [3.8, 4) is 5.75 Å². The van der Waals surface area contributed by atoms with Crippen LogP contribution in [0.2, 0.25) is 0 Å². The summed E-state index contributed by atoms with van der Waals surface area (Å²) in [5.74, 6) is -0.703. The lowest BCUT2D eigenvalue weighted by atomic mass is 10.1. The first-order valence-electron chi connectivity index (χ1n) is 6.91. The number of nitrogens with one attached hydrogen (secondary N) is 1. The third kappa shape index (κ3) is 2.75. The monoisotopic (exact) mass is 285 g/mol. The first-order valence-corrected chi connectivity index (χ1v) is 6.91. The van der Waals surface area contributed by atoms with E-state index in [1.54, 1.807) is 30.3 Å². The van der Waals surface area contributed by atoms with Crippen LogP contribution < -0.4 is 5.32 Å². The third-order valence-electron chi connectivity index (χ3n) is 3.84. The number of carbonyl (C=O) groups is 1. The molecule has 0 aromatic heterocycles. The van der Waals surface area contributed by atoms with Crippen molar-refractivity contribution in [3.05, 3.63) is 59.4 Å². The highest BCUT2D eigenvalue weighted by Crippen LogP contribution is 2.48. The fraction of sp³-hybridized carbons (Fsp3) is 0.235. The van der Waals surface area contributed by atoms with Gasteiger partial charge in [-0.05, 0) is 48.6 Å². The Morgan fingerprint density at radius 1 is 1.29 bits per heavy atom. The van der Waals surface area contributed by atoms with Gasteiger partial charge in [0.2, 0.25) is 5.91 Å². The molecule has 1 aliphatic carbocycles. The van der Waals surface area contributed by atoms with E-state index in [4.69, 9.17) is 0 Å². The second kappa shape index (κ2) is 5.20. The maximum Gasteiger partial charge on any atom is 0.228 e. The molecule has 1 aliphatic rings. The maximum atomic E-state index is 13.7. The molecule has 0 spiro atoms. The minimum Gasteiger partial charge on any atom is -0.506 e. The molecule has 21 heavy (non-hydrogen) atoms. The first-order chi connectivity index (χ1) is 10.1. The largest absolute Gasteiger partial charge is 0.506 e. The molecule has 1 saturated carbocycles. The molecule has 2 atom stereocenters. The lowest BCUT2D eigenvalue weighted by Gasteiger charge is -2.08. The van der Waals surface area contributed by atoms with Crippen LogP contribution in [-0.2, 0) is 4.79 Å². The molecule has 3 nitrogen and oxygen atoms in total. The van der Waals surface area contributed by atoms with Crippen molar-refractivity contribution in [2.45, 2.75) is 19.3 Å². The lowest BCUT2D eigenvalue weighted by molar-refractivity contribution is -0.117. The molecule has 2 aromatic carbocycles. The van der Waals surface area contributed by atoms with E-state index in [-0.39, 0.29) is 29.3 Å².